The van der Waals surface area contributed by atoms with Crippen molar-refractivity contribution in [1.29, 1.82) is 0 Å². The first-order valence-corrected chi connectivity index (χ1v) is 6.79. The summed E-state index contributed by atoms with van der Waals surface area (Å²) in [6.45, 7) is 5.35. The molecule has 1 aliphatic carbocycles. The second-order valence-corrected chi connectivity index (χ2v) is 5.29. The predicted octanol–water partition coefficient (Wildman–Crippen LogP) is 2.12. The molecule has 1 aliphatic heterocycles. The second-order valence-electron chi connectivity index (χ2n) is 5.29. The molecule has 3 rings (SSSR count). The smallest absolute Gasteiger partial charge is 0.0594 e. The Bertz CT molecular complexity index is 371. The van der Waals surface area contributed by atoms with Gasteiger partial charge in [-0.15, -0.1) is 0 Å². The molecule has 1 heterocycles. The van der Waals surface area contributed by atoms with E-state index in [4.69, 9.17) is 4.74 Å². The van der Waals surface area contributed by atoms with Gasteiger partial charge < -0.3 is 4.74 Å². The van der Waals surface area contributed by atoms with Crippen molar-refractivity contribution in [2.24, 2.45) is 5.92 Å². The Kier molecular flexibility index (Phi) is 3.44. The van der Waals surface area contributed by atoms with Crippen molar-refractivity contribution in [2.75, 3.05) is 32.8 Å². The topological polar surface area (TPSA) is 12.5 Å². The Balaban J connectivity index is 1.60. The third-order valence-electron chi connectivity index (χ3n) is 4.07. The third kappa shape index (κ3) is 2.70. The van der Waals surface area contributed by atoms with Gasteiger partial charge in [-0.1, -0.05) is 24.3 Å². The number of ether oxygens (including phenoxy) is 1. The summed E-state index contributed by atoms with van der Waals surface area (Å²) in [5, 5.41) is 0. The van der Waals surface area contributed by atoms with Crippen LogP contribution in [0.5, 0.6) is 0 Å². The van der Waals surface area contributed by atoms with E-state index in [1.807, 2.05) is 0 Å². The zero-order chi connectivity index (χ0) is 11.5. The molecule has 0 spiro atoms. The highest BCUT2D eigenvalue weighted by atomic mass is 16.5. The van der Waals surface area contributed by atoms with E-state index in [-0.39, 0.29) is 0 Å². The number of hydrogen-bond acceptors (Lipinski definition) is 2. The summed E-state index contributed by atoms with van der Waals surface area (Å²) in [5.41, 5.74) is 3.16. The zero-order valence-corrected chi connectivity index (χ0v) is 10.4. The van der Waals surface area contributed by atoms with Crippen LogP contribution in [0.2, 0.25) is 0 Å². The molecule has 0 N–H and O–H groups in total. The summed E-state index contributed by atoms with van der Waals surface area (Å²) in [6.07, 6.45) is 3.90. The maximum atomic E-state index is 5.40. The van der Waals surface area contributed by atoms with Crippen LogP contribution in [0.25, 0.3) is 0 Å². The maximum Gasteiger partial charge on any atom is 0.0594 e. The van der Waals surface area contributed by atoms with Crippen LogP contribution in [-0.4, -0.2) is 37.7 Å². The predicted molar refractivity (Wildman–Crippen MR) is 69.2 cm³/mol. The number of hydrogen-bond donors (Lipinski definition) is 0. The molecular weight excluding hydrogens is 210 g/mol. The minimum Gasteiger partial charge on any atom is -0.379 e. The molecule has 0 radical (unpaired) electrons. The summed E-state index contributed by atoms with van der Waals surface area (Å²) in [7, 11) is 0. The molecule has 2 heteroatoms. The van der Waals surface area contributed by atoms with E-state index in [1.54, 1.807) is 11.1 Å². The molecule has 1 atom stereocenters. The van der Waals surface area contributed by atoms with Crippen molar-refractivity contribution in [2.45, 2.75) is 19.3 Å². The average Bonchev–Trinajstić information content (AvgIpc) is 2.40. The van der Waals surface area contributed by atoms with Crippen molar-refractivity contribution < 1.29 is 4.74 Å². The van der Waals surface area contributed by atoms with E-state index < -0.39 is 0 Å². The number of morpholine rings is 1. The van der Waals surface area contributed by atoms with Crippen molar-refractivity contribution in [3.63, 3.8) is 0 Å². The summed E-state index contributed by atoms with van der Waals surface area (Å²) < 4.78 is 5.40. The van der Waals surface area contributed by atoms with Crippen LogP contribution >= 0.6 is 0 Å². The van der Waals surface area contributed by atoms with Gasteiger partial charge in [0.2, 0.25) is 0 Å². The van der Waals surface area contributed by atoms with Crippen LogP contribution in [0.4, 0.5) is 0 Å². The molecular formula is C15H21NO. The van der Waals surface area contributed by atoms with Crippen LogP contribution in [0, 0.1) is 5.92 Å². The Morgan fingerprint density at radius 3 is 2.71 bits per heavy atom. The minimum atomic E-state index is 0.850. The highest BCUT2D eigenvalue weighted by Gasteiger charge is 2.21. The highest BCUT2D eigenvalue weighted by Crippen LogP contribution is 2.26. The fourth-order valence-electron chi connectivity index (χ4n) is 3.08. The summed E-state index contributed by atoms with van der Waals surface area (Å²) >= 11 is 0. The lowest BCUT2D eigenvalue weighted by atomic mass is 9.83. The van der Waals surface area contributed by atoms with Gasteiger partial charge in [-0.05, 0) is 36.3 Å². The van der Waals surface area contributed by atoms with Gasteiger partial charge >= 0.3 is 0 Å². The van der Waals surface area contributed by atoms with Crippen LogP contribution in [0.15, 0.2) is 24.3 Å². The van der Waals surface area contributed by atoms with Crippen molar-refractivity contribution >= 4 is 0 Å². The molecule has 0 aromatic heterocycles. The molecule has 92 valence electrons. The van der Waals surface area contributed by atoms with Gasteiger partial charge in [0.25, 0.3) is 0 Å². The molecule has 1 aromatic carbocycles. The Morgan fingerprint density at radius 2 is 1.88 bits per heavy atom. The Hall–Kier alpha value is -0.860. The summed E-state index contributed by atoms with van der Waals surface area (Å²) in [4.78, 5) is 2.57. The lowest BCUT2D eigenvalue weighted by Crippen LogP contribution is -2.40. The molecule has 1 saturated heterocycles. The normalized spacial score (nSPS) is 25.5. The standard InChI is InChI=1S/C15H21NO/c1-2-4-15-11-13(5-6-14(15)3-1)12-16-7-9-17-10-8-16/h1-4,13H,5-12H2. The van der Waals surface area contributed by atoms with E-state index in [1.165, 1.54) is 25.8 Å². The summed E-state index contributed by atoms with van der Waals surface area (Å²) in [6, 6.07) is 8.94. The molecule has 0 saturated carbocycles. The van der Waals surface area contributed by atoms with E-state index in [0.717, 1.165) is 32.2 Å². The molecule has 0 amide bonds. The Labute approximate surface area is 104 Å². The molecule has 2 nitrogen and oxygen atoms in total. The van der Waals surface area contributed by atoms with Gasteiger partial charge in [-0.2, -0.15) is 0 Å². The number of aryl methyl sites for hydroxylation is 1. The number of rotatable bonds is 2. The van der Waals surface area contributed by atoms with Crippen LogP contribution in [-0.2, 0) is 17.6 Å². The third-order valence-corrected chi connectivity index (χ3v) is 4.07. The second kappa shape index (κ2) is 5.19. The fraction of sp³-hybridized carbons (Fsp3) is 0.600. The summed E-state index contributed by atoms with van der Waals surface area (Å²) in [5.74, 6) is 0.850. The van der Waals surface area contributed by atoms with Crippen LogP contribution < -0.4 is 0 Å². The van der Waals surface area contributed by atoms with Crippen LogP contribution in [0.3, 0.4) is 0 Å². The average molecular weight is 231 g/mol. The number of benzene rings is 1. The maximum absolute atomic E-state index is 5.40. The van der Waals surface area contributed by atoms with Crippen molar-refractivity contribution in [3.05, 3.63) is 35.4 Å². The van der Waals surface area contributed by atoms with Gasteiger partial charge in [0.05, 0.1) is 13.2 Å². The first-order valence-electron chi connectivity index (χ1n) is 6.79. The SMILES string of the molecule is c1ccc2c(c1)CCC(CN1CCOCC1)C2. The molecule has 1 aromatic rings. The lowest BCUT2D eigenvalue weighted by Gasteiger charge is -2.32. The minimum absolute atomic E-state index is 0.850. The van der Waals surface area contributed by atoms with Gasteiger partial charge in [-0.25, -0.2) is 0 Å². The van der Waals surface area contributed by atoms with Crippen LogP contribution in [0.1, 0.15) is 17.5 Å². The van der Waals surface area contributed by atoms with Gasteiger partial charge in [0.15, 0.2) is 0 Å². The largest absolute Gasteiger partial charge is 0.379 e. The van der Waals surface area contributed by atoms with E-state index in [2.05, 4.69) is 29.2 Å². The number of fused-ring (bicyclic) bond motifs is 1. The van der Waals surface area contributed by atoms with E-state index >= 15 is 0 Å². The highest BCUT2D eigenvalue weighted by molar-refractivity contribution is 5.29. The molecule has 1 unspecified atom stereocenters. The van der Waals surface area contributed by atoms with Gasteiger partial charge in [0.1, 0.15) is 0 Å². The van der Waals surface area contributed by atoms with E-state index in [9.17, 15) is 0 Å². The first kappa shape index (κ1) is 11.2. The van der Waals surface area contributed by atoms with Crippen molar-refractivity contribution in [3.8, 4) is 0 Å². The molecule has 2 aliphatic rings. The van der Waals surface area contributed by atoms with E-state index in [0.29, 0.717) is 0 Å². The zero-order valence-electron chi connectivity index (χ0n) is 10.4. The monoisotopic (exact) mass is 231 g/mol. The van der Waals surface area contributed by atoms with Gasteiger partial charge in [-0.3, -0.25) is 4.90 Å². The number of nitrogens with zero attached hydrogens (tertiary/aromatic N) is 1. The van der Waals surface area contributed by atoms with Crippen molar-refractivity contribution in [1.82, 2.24) is 4.90 Å². The molecule has 1 fully saturated rings. The molecule has 17 heavy (non-hydrogen) atoms. The Morgan fingerprint density at radius 1 is 1.12 bits per heavy atom. The molecule has 0 bridgehead atoms. The fourth-order valence-corrected chi connectivity index (χ4v) is 3.08. The lowest BCUT2D eigenvalue weighted by molar-refractivity contribution is 0.0297. The van der Waals surface area contributed by atoms with Gasteiger partial charge in [0, 0.05) is 19.6 Å². The first-order chi connectivity index (χ1) is 8.42. The quantitative estimate of drug-likeness (QED) is 0.773.